The Balaban J connectivity index is 1.63. The van der Waals surface area contributed by atoms with Crippen LogP contribution in [-0.2, 0) is 10.0 Å². The number of sulfonamides is 1. The van der Waals surface area contributed by atoms with E-state index in [1.54, 1.807) is 12.3 Å². The highest BCUT2D eigenvalue weighted by Gasteiger charge is 2.42. The molecule has 0 spiro atoms. The normalized spacial score (nSPS) is 17.8. The number of pyridine rings is 2. The molecule has 0 aliphatic carbocycles. The van der Waals surface area contributed by atoms with Gasteiger partial charge in [0.2, 0.25) is 10.0 Å². The van der Waals surface area contributed by atoms with E-state index in [9.17, 15) is 8.42 Å². The van der Waals surface area contributed by atoms with Gasteiger partial charge in [0.05, 0.1) is 23.7 Å². The van der Waals surface area contributed by atoms with Gasteiger partial charge in [0, 0.05) is 30.0 Å². The number of benzene rings is 1. The number of hydrogen-bond donors (Lipinski definition) is 2. The number of anilines is 2. The Labute approximate surface area is 216 Å². The van der Waals surface area contributed by atoms with Crippen LogP contribution >= 0.6 is 12.2 Å². The molecule has 3 aromatic heterocycles. The first-order chi connectivity index (χ1) is 17.2. The number of thiocarbonyl (C=S) groups is 1. The summed E-state index contributed by atoms with van der Waals surface area (Å²) >= 11 is 5.84. The molecule has 184 valence electrons. The highest BCUT2D eigenvalue weighted by Crippen LogP contribution is 2.42. The van der Waals surface area contributed by atoms with Gasteiger partial charge in [0.15, 0.2) is 5.11 Å². The average Bonchev–Trinajstić information content (AvgIpc) is 3.45. The molecule has 10 heteroatoms. The highest BCUT2D eigenvalue weighted by molar-refractivity contribution is 7.92. The van der Waals surface area contributed by atoms with E-state index in [-0.39, 0.29) is 12.1 Å². The number of nitrogens with one attached hydrogen (secondary N) is 2. The van der Waals surface area contributed by atoms with E-state index < -0.39 is 10.0 Å². The van der Waals surface area contributed by atoms with Crippen molar-refractivity contribution >= 4 is 38.7 Å². The summed E-state index contributed by atoms with van der Waals surface area (Å²) < 4.78 is 28.2. The van der Waals surface area contributed by atoms with Crippen LogP contribution in [0.2, 0.25) is 0 Å². The maximum absolute atomic E-state index is 11.8. The lowest BCUT2D eigenvalue weighted by Gasteiger charge is -2.29. The molecule has 0 radical (unpaired) electrons. The molecule has 1 saturated heterocycles. The molecule has 5 rings (SSSR count). The van der Waals surface area contributed by atoms with Crippen LogP contribution in [0.4, 0.5) is 11.4 Å². The Morgan fingerprint density at radius 3 is 2.53 bits per heavy atom. The largest absolute Gasteiger partial charge is 0.351 e. The summed E-state index contributed by atoms with van der Waals surface area (Å²) in [5.74, 6) is 0.807. The van der Waals surface area contributed by atoms with Gasteiger partial charge in [-0.2, -0.15) is 0 Å². The van der Waals surface area contributed by atoms with Crippen molar-refractivity contribution in [3.63, 3.8) is 0 Å². The fourth-order valence-corrected chi connectivity index (χ4v) is 5.47. The van der Waals surface area contributed by atoms with Crippen LogP contribution in [-0.4, -0.2) is 34.3 Å². The zero-order valence-corrected chi connectivity index (χ0v) is 21.7. The quantitative estimate of drug-likeness (QED) is 0.365. The predicted octanol–water partition coefficient (Wildman–Crippen LogP) is 4.43. The number of aryl methyl sites for hydroxylation is 2. The van der Waals surface area contributed by atoms with E-state index in [2.05, 4.69) is 35.5 Å². The number of nitrogens with zero attached hydrogens (tertiary/aromatic N) is 4. The molecule has 1 fully saturated rings. The lowest BCUT2D eigenvalue weighted by molar-refractivity contribution is 0.548. The molecule has 2 atom stereocenters. The smallest absolute Gasteiger partial charge is 0.229 e. The Bertz CT molecular complexity index is 1520. The van der Waals surface area contributed by atoms with Gasteiger partial charge in [0.1, 0.15) is 11.9 Å². The van der Waals surface area contributed by atoms with E-state index in [4.69, 9.17) is 12.2 Å². The van der Waals surface area contributed by atoms with Gasteiger partial charge in [-0.15, -0.1) is 0 Å². The minimum Gasteiger partial charge on any atom is -0.351 e. The first kappa shape index (κ1) is 24.0. The van der Waals surface area contributed by atoms with E-state index in [0.717, 1.165) is 40.3 Å². The van der Waals surface area contributed by atoms with Crippen molar-refractivity contribution in [2.75, 3.05) is 15.9 Å². The summed E-state index contributed by atoms with van der Waals surface area (Å²) in [6.07, 6.45) is 6.75. The van der Waals surface area contributed by atoms with Crippen LogP contribution in [0.5, 0.6) is 0 Å². The van der Waals surface area contributed by atoms with Crippen molar-refractivity contribution < 1.29 is 8.42 Å². The van der Waals surface area contributed by atoms with Gasteiger partial charge in [-0.05, 0) is 85.7 Å². The van der Waals surface area contributed by atoms with Crippen molar-refractivity contribution in [3.8, 4) is 5.82 Å². The van der Waals surface area contributed by atoms with E-state index >= 15 is 0 Å². The summed E-state index contributed by atoms with van der Waals surface area (Å²) in [5.41, 5.74) is 5.11. The molecule has 0 amide bonds. The molecule has 0 bridgehead atoms. The second-order valence-corrected chi connectivity index (χ2v) is 11.0. The Morgan fingerprint density at radius 2 is 1.86 bits per heavy atom. The van der Waals surface area contributed by atoms with Crippen LogP contribution in [0.1, 0.15) is 34.6 Å². The third kappa shape index (κ3) is 4.69. The fraction of sp³-hybridized carbons (Fsp3) is 0.192. The molecule has 1 aliphatic rings. The number of rotatable bonds is 6. The Morgan fingerprint density at radius 1 is 1.03 bits per heavy atom. The molecule has 4 aromatic rings. The first-order valence-corrected chi connectivity index (χ1v) is 13.7. The third-order valence-electron chi connectivity index (χ3n) is 6.11. The predicted molar refractivity (Wildman–Crippen MR) is 146 cm³/mol. The van der Waals surface area contributed by atoms with Crippen molar-refractivity contribution in [2.24, 2.45) is 0 Å². The van der Waals surface area contributed by atoms with Gasteiger partial charge in [-0.1, -0.05) is 12.1 Å². The maximum atomic E-state index is 11.8. The van der Waals surface area contributed by atoms with Gasteiger partial charge < -0.3 is 14.8 Å². The molecule has 0 saturated carbocycles. The second kappa shape index (κ2) is 9.36. The van der Waals surface area contributed by atoms with Gasteiger partial charge in [0.25, 0.3) is 0 Å². The summed E-state index contributed by atoms with van der Waals surface area (Å²) in [4.78, 5) is 11.3. The zero-order chi connectivity index (χ0) is 25.4. The van der Waals surface area contributed by atoms with Crippen LogP contribution in [0.3, 0.4) is 0 Å². The molecule has 1 aliphatic heterocycles. The molecule has 1 aromatic carbocycles. The second-order valence-electron chi connectivity index (χ2n) is 8.87. The Hall–Kier alpha value is -3.76. The van der Waals surface area contributed by atoms with Crippen LogP contribution in [0.25, 0.3) is 5.82 Å². The topological polar surface area (TPSA) is 92.2 Å². The van der Waals surface area contributed by atoms with E-state index in [1.165, 1.54) is 0 Å². The maximum Gasteiger partial charge on any atom is 0.229 e. The standard InChI is InChI=1S/C26H26N6O2S2/c1-17-9-12-23(28-16-17)31-14-6-8-22(31)25-24(21-7-4-5-13-27-21)29-26(35)32(25)19-10-11-20(18(2)15-19)30-36(3,33)34/h4-16,24-25,30H,1-3H3,(H,29,35). The van der Waals surface area contributed by atoms with Crippen LogP contribution in [0, 0.1) is 13.8 Å². The minimum atomic E-state index is -3.39. The van der Waals surface area contributed by atoms with Crippen molar-refractivity contribution in [2.45, 2.75) is 25.9 Å². The SMILES string of the molecule is Cc1ccc(-n2cccc2C2C(c3ccccn3)NC(=S)N2c2ccc(NS(C)(=O)=O)c(C)c2)nc1. The molecule has 36 heavy (non-hydrogen) atoms. The monoisotopic (exact) mass is 518 g/mol. The average molecular weight is 519 g/mol. The molecule has 4 heterocycles. The third-order valence-corrected chi connectivity index (χ3v) is 7.01. The summed E-state index contributed by atoms with van der Waals surface area (Å²) in [6.45, 7) is 3.88. The fourth-order valence-electron chi connectivity index (χ4n) is 4.49. The highest BCUT2D eigenvalue weighted by atomic mass is 32.2. The first-order valence-electron chi connectivity index (χ1n) is 11.4. The van der Waals surface area contributed by atoms with Crippen LogP contribution in [0.15, 0.2) is 79.3 Å². The van der Waals surface area contributed by atoms with Crippen molar-refractivity contribution in [3.05, 3.63) is 102 Å². The van der Waals surface area contributed by atoms with Crippen molar-refractivity contribution in [1.29, 1.82) is 0 Å². The number of hydrogen-bond acceptors (Lipinski definition) is 5. The lowest BCUT2D eigenvalue weighted by Crippen LogP contribution is -2.30. The van der Waals surface area contributed by atoms with Crippen molar-refractivity contribution in [1.82, 2.24) is 19.9 Å². The molecule has 2 N–H and O–H groups in total. The molecule has 2 unspecified atom stereocenters. The molecule has 8 nitrogen and oxygen atoms in total. The zero-order valence-electron chi connectivity index (χ0n) is 20.1. The van der Waals surface area contributed by atoms with Crippen LogP contribution < -0.4 is 14.9 Å². The summed E-state index contributed by atoms with van der Waals surface area (Å²) in [6, 6.07) is 19.1. The van der Waals surface area contributed by atoms with Gasteiger partial charge in [-0.25, -0.2) is 13.4 Å². The van der Waals surface area contributed by atoms with Gasteiger partial charge >= 0.3 is 0 Å². The van der Waals surface area contributed by atoms with E-state index in [1.807, 2.05) is 74.8 Å². The molecular weight excluding hydrogens is 492 g/mol. The van der Waals surface area contributed by atoms with Gasteiger partial charge in [-0.3, -0.25) is 9.71 Å². The Kier molecular flexibility index (Phi) is 6.23. The minimum absolute atomic E-state index is 0.216. The summed E-state index contributed by atoms with van der Waals surface area (Å²) in [5, 5.41) is 4.03. The lowest BCUT2D eigenvalue weighted by atomic mass is 10.0. The van der Waals surface area contributed by atoms with E-state index in [0.29, 0.717) is 10.8 Å². The summed E-state index contributed by atoms with van der Waals surface area (Å²) in [7, 11) is -3.39. The number of aromatic nitrogens is 3. The molecular formula is C26H26N6O2S2.